The highest BCUT2D eigenvalue weighted by Gasteiger charge is 2.28. The van der Waals surface area contributed by atoms with Gasteiger partial charge >= 0.3 is 0 Å². The number of sulfonamides is 1. The van der Waals surface area contributed by atoms with Crippen LogP contribution in [0.3, 0.4) is 0 Å². The summed E-state index contributed by atoms with van der Waals surface area (Å²) in [6, 6.07) is 14.6. The summed E-state index contributed by atoms with van der Waals surface area (Å²) in [5.41, 5.74) is 2.53. The fraction of sp³-hybridized carbons (Fsp3) is 0.182. The van der Waals surface area contributed by atoms with E-state index in [1.807, 2.05) is 6.92 Å². The highest BCUT2D eigenvalue weighted by atomic mass is 32.2. The SMILES string of the molecule is Cc1nn(-c2ccc(F)cc2)c2sc(C(=O)Nc3cccc(N4CCCS4(=O)=O)c3)cc12. The molecule has 7 nitrogen and oxygen atoms in total. The van der Waals surface area contributed by atoms with Crippen molar-refractivity contribution in [3.63, 3.8) is 0 Å². The predicted molar refractivity (Wildman–Crippen MR) is 124 cm³/mol. The van der Waals surface area contributed by atoms with Crippen LogP contribution in [-0.4, -0.2) is 36.4 Å². The van der Waals surface area contributed by atoms with Gasteiger partial charge in [-0.15, -0.1) is 11.3 Å². The average molecular weight is 471 g/mol. The molecule has 2 aromatic heterocycles. The summed E-state index contributed by atoms with van der Waals surface area (Å²) < 4.78 is 40.8. The normalized spacial score (nSPS) is 15.4. The van der Waals surface area contributed by atoms with Crippen LogP contribution in [0.4, 0.5) is 15.8 Å². The second-order valence-electron chi connectivity index (χ2n) is 7.55. The number of hydrogen-bond acceptors (Lipinski definition) is 5. The zero-order chi connectivity index (χ0) is 22.5. The minimum atomic E-state index is -3.30. The first-order valence-corrected chi connectivity index (χ1v) is 12.4. The number of carbonyl (C=O) groups is 1. The van der Waals surface area contributed by atoms with E-state index in [1.54, 1.807) is 47.1 Å². The number of thiophene rings is 1. The largest absolute Gasteiger partial charge is 0.321 e. The second kappa shape index (κ2) is 7.72. The fourth-order valence-electron chi connectivity index (χ4n) is 3.78. The number of benzene rings is 2. The summed E-state index contributed by atoms with van der Waals surface area (Å²) in [6.45, 7) is 2.30. The first kappa shape index (κ1) is 20.7. The molecule has 1 amide bonds. The summed E-state index contributed by atoms with van der Waals surface area (Å²) in [4.78, 5) is 14.2. The molecule has 0 radical (unpaired) electrons. The highest BCUT2D eigenvalue weighted by molar-refractivity contribution is 7.93. The van der Waals surface area contributed by atoms with E-state index in [0.717, 1.165) is 15.9 Å². The van der Waals surface area contributed by atoms with Gasteiger partial charge in [0.1, 0.15) is 10.6 Å². The quantitative estimate of drug-likeness (QED) is 0.481. The van der Waals surface area contributed by atoms with E-state index in [0.29, 0.717) is 34.9 Å². The molecule has 0 atom stereocenters. The van der Waals surface area contributed by atoms with Crippen LogP contribution in [0.25, 0.3) is 15.9 Å². The van der Waals surface area contributed by atoms with Gasteiger partial charge in [-0.25, -0.2) is 17.5 Å². The molecule has 1 saturated heterocycles. The van der Waals surface area contributed by atoms with Crippen molar-refractivity contribution in [3.8, 4) is 5.69 Å². The Hall–Kier alpha value is -3.24. The number of halogens is 1. The number of anilines is 2. The first-order valence-electron chi connectivity index (χ1n) is 9.99. The molecule has 1 N–H and O–H groups in total. The van der Waals surface area contributed by atoms with Crippen LogP contribution in [0.2, 0.25) is 0 Å². The zero-order valence-corrected chi connectivity index (χ0v) is 18.7. The number of amides is 1. The average Bonchev–Trinajstić information content (AvgIpc) is 3.43. The summed E-state index contributed by atoms with van der Waals surface area (Å²) in [7, 11) is -3.30. The van der Waals surface area contributed by atoms with Crippen molar-refractivity contribution in [2.75, 3.05) is 21.9 Å². The van der Waals surface area contributed by atoms with Crippen molar-refractivity contribution in [2.24, 2.45) is 0 Å². The fourth-order valence-corrected chi connectivity index (χ4v) is 6.41. The number of carbonyl (C=O) groups excluding carboxylic acids is 1. The van der Waals surface area contributed by atoms with Crippen LogP contribution >= 0.6 is 11.3 Å². The standard InChI is InChI=1S/C22H19FN4O3S2/c1-14-19-13-20(31-22(19)27(25-14)17-8-6-15(23)7-9-17)21(28)24-16-4-2-5-18(12-16)26-10-3-11-32(26,29)30/h2,4-9,12-13H,3,10-11H2,1H3,(H,24,28). The lowest BCUT2D eigenvalue weighted by atomic mass is 10.2. The van der Waals surface area contributed by atoms with Crippen molar-refractivity contribution >= 4 is 48.9 Å². The van der Waals surface area contributed by atoms with Crippen LogP contribution in [0.5, 0.6) is 0 Å². The van der Waals surface area contributed by atoms with Gasteiger partial charge in [0.2, 0.25) is 10.0 Å². The van der Waals surface area contributed by atoms with E-state index in [9.17, 15) is 17.6 Å². The lowest BCUT2D eigenvalue weighted by molar-refractivity contribution is 0.103. The minimum absolute atomic E-state index is 0.135. The molecule has 164 valence electrons. The Labute approximate surface area is 188 Å². The third kappa shape index (κ3) is 3.65. The van der Waals surface area contributed by atoms with Gasteiger partial charge < -0.3 is 5.32 Å². The van der Waals surface area contributed by atoms with Gasteiger partial charge in [-0.05, 0) is 61.9 Å². The van der Waals surface area contributed by atoms with E-state index in [2.05, 4.69) is 10.4 Å². The van der Waals surface area contributed by atoms with Crippen LogP contribution < -0.4 is 9.62 Å². The molecule has 1 fully saturated rings. The van der Waals surface area contributed by atoms with Crippen molar-refractivity contribution in [1.29, 1.82) is 0 Å². The summed E-state index contributed by atoms with van der Waals surface area (Å²) in [5.74, 6) is -0.489. The Kier molecular flexibility index (Phi) is 4.98. The Morgan fingerprint density at radius 3 is 2.62 bits per heavy atom. The topological polar surface area (TPSA) is 84.3 Å². The molecule has 0 aliphatic carbocycles. The molecule has 2 aromatic carbocycles. The molecule has 0 saturated carbocycles. The molecule has 4 aromatic rings. The zero-order valence-electron chi connectivity index (χ0n) is 17.1. The van der Waals surface area contributed by atoms with Crippen LogP contribution in [-0.2, 0) is 10.0 Å². The van der Waals surface area contributed by atoms with E-state index in [1.165, 1.54) is 27.8 Å². The third-order valence-corrected chi connectivity index (χ3v) is 8.31. The summed E-state index contributed by atoms with van der Waals surface area (Å²) >= 11 is 1.29. The van der Waals surface area contributed by atoms with Crippen LogP contribution in [0, 0.1) is 12.7 Å². The number of hydrogen-bond donors (Lipinski definition) is 1. The van der Waals surface area contributed by atoms with Crippen molar-refractivity contribution in [3.05, 3.63) is 71.0 Å². The molecular formula is C22H19FN4O3S2. The van der Waals surface area contributed by atoms with E-state index in [-0.39, 0.29) is 17.5 Å². The lowest BCUT2D eigenvalue weighted by Gasteiger charge is -2.17. The van der Waals surface area contributed by atoms with Gasteiger partial charge in [-0.3, -0.25) is 9.10 Å². The third-order valence-electron chi connectivity index (χ3n) is 5.33. The van der Waals surface area contributed by atoms with Crippen molar-refractivity contribution < 1.29 is 17.6 Å². The number of aryl methyl sites for hydroxylation is 1. The summed E-state index contributed by atoms with van der Waals surface area (Å²) in [6.07, 6.45) is 0.588. The molecule has 1 aliphatic heterocycles. The van der Waals surface area contributed by atoms with Gasteiger partial charge in [0.15, 0.2) is 0 Å². The molecule has 0 unspecified atom stereocenters. The molecule has 10 heteroatoms. The lowest BCUT2D eigenvalue weighted by Crippen LogP contribution is -2.25. The molecule has 3 heterocycles. The second-order valence-corrected chi connectivity index (χ2v) is 10.6. The Bertz CT molecular complexity index is 1440. The van der Waals surface area contributed by atoms with Crippen LogP contribution in [0.15, 0.2) is 54.6 Å². The maximum Gasteiger partial charge on any atom is 0.265 e. The molecule has 32 heavy (non-hydrogen) atoms. The minimum Gasteiger partial charge on any atom is -0.321 e. The summed E-state index contributed by atoms with van der Waals surface area (Å²) in [5, 5.41) is 8.22. The van der Waals surface area contributed by atoms with E-state index >= 15 is 0 Å². The molecule has 0 spiro atoms. The smallest absolute Gasteiger partial charge is 0.265 e. The maximum atomic E-state index is 13.3. The van der Waals surface area contributed by atoms with E-state index < -0.39 is 10.0 Å². The Morgan fingerprint density at radius 2 is 1.91 bits per heavy atom. The van der Waals surface area contributed by atoms with Crippen molar-refractivity contribution in [2.45, 2.75) is 13.3 Å². The Morgan fingerprint density at radius 1 is 1.12 bits per heavy atom. The number of aromatic nitrogens is 2. The van der Waals surface area contributed by atoms with E-state index in [4.69, 9.17) is 0 Å². The molecule has 5 rings (SSSR count). The van der Waals surface area contributed by atoms with Gasteiger partial charge in [-0.2, -0.15) is 5.10 Å². The molecule has 1 aliphatic rings. The maximum absolute atomic E-state index is 13.3. The van der Waals surface area contributed by atoms with Crippen LogP contribution in [0.1, 0.15) is 21.8 Å². The predicted octanol–water partition coefficient (Wildman–Crippen LogP) is 4.33. The van der Waals surface area contributed by atoms with Gasteiger partial charge in [0.05, 0.1) is 27.7 Å². The molecular weight excluding hydrogens is 451 g/mol. The van der Waals surface area contributed by atoms with Gasteiger partial charge in [-0.1, -0.05) is 6.07 Å². The Balaban J connectivity index is 1.43. The first-order chi connectivity index (χ1) is 15.3. The number of fused-ring (bicyclic) bond motifs is 1. The monoisotopic (exact) mass is 470 g/mol. The van der Waals surface area contributed by atoms with Gasteiger partial charge in [0.25, 0.3) is 5.91 Å². The van der Waals surface area contributed by atoms with Gasteiger partial charge in [0, 0.05) is 17.6 Å². The number of nitrogens with one attached hydrogen (secondary N) is 1. The van der Waals surface area contributed by atoms with Crippen molar-refractivity contribution in [1.82, 2.24) is 9.78 Å². The highest BCUT2D eigenvalue weighted by Crippen LogP contribution is 2.32. The number of rotatable bonds is 4. The number of nitrogens with zero attached hydrogens (tertiary/aromatic N) is 3. The molecule has 0 bridgehead atoms.